The highest BCUT2D eigenvalue weighted by Gasteiger charge is 2.28. The Kier molecular flexibility index (Phi) is 6.34. The summed E-state index contributed by atoms with van der Waals surface area (Å²) >= 11 is 0. The highest BCUT2D eigenvalue weighted by atomic mass is 16.5. The largest absolute Gasteiger partial charge is 0.477 e. The average Bonchev–Trinajstić information content (AvgIpc) is 2.80. The molecule has 0 spiro atoms. The minimum absolute atomic E-state index is 0.00368. The highest BCUT2D eigenvalue weighted by molar-refractivity contribution is 5.98. The Balaban J connectivity index is 1.31. The Morgan fingerprint density at radius 3 is 2.65 bits per heavy atom. The van der Waals surface area contributed by atoms with Crippen molar-refractivity contribution in [1.82, 2.24) is 19.8 Å². The summed E-state index contributed by atoms with van der Waals surface area (Å²) < 4.78 is 5.70. The average molecular weight is 424 g/mol. The lowest BCUT2D eigenvalue weighted by Crippen LogP contribution is -2.52. The SMILES string of the molecule is CC(C)COc1cc(N2CCN(C(=O)CN3CCc4ccccc4C3=O)CC2)ncn1. The van der Waals surface area contributed by atoms with Gasteiger partial charge in [0.25, 0.3) is 5.91 Å². The van der Waals surface area contributed by atoms with Crippen LogP contribution in [0.1, 0.15) is 29.8 Å². The highest BCUT2D eigenvalue weighted by Crippen LogP contribution is 2.20. The van der Waals surface area contributed by atoms with E-state index in [0.29, 0.717) is 56.7 Å². The van der Waals surface area contributed by atoms with E-state index < -0.39 is 0 Å². The van der Waals surface area contributed by atoms with Gasteiger partial charge in [-0.2, -0.15) is 0 Å². The topological polar surface area (TPSA) is 78.9 Å². The first-order valence-corrected chi connectivity index (χ1v) is 10.9. The van der Waals surface area contributed by atoms with Gasteiger partial charge in [-0.3, -0.25) is 9.59 Å². The van der Waals surface area contributed by atoms with Crippen molar-refractivity contribution in [3.8, 4) is 5.88 Å². The molecule has 1 aromatic carbocycles. The lowest BCUT2D eigenvalue weighted by molar-refractivity contribution is -0.132. The van der Waals surface area contributed by atoms with Gasteiger partial charge in [0.1, 0.15) is 18.7 Å². The van der Waals surface area contributed by atoms with E-state index in [9.17, 15) is 9.59 Å². The Morgan fingerprint density at radius 1 is 1.10 bits per heavy atom. The number of nitrogens with zero attached hydrogens (tertiary/aromatic N) is 5. The first-order valence-electron chi connectivity index (χ1n) is 10.9. The van der Waals surface area contributed by atoms with Gasteiger partial charge in [-0.25, -0.2) is 9.97 Å². The summed E-state index contributed by atoms with van der Waals surface area (Å²) in [5.74, 6) is 1.75. The quantitative estimate of drug-likeness (QED) is 0.706. The van der Waals surface area contributed by atoms with Gasteiger partial charge < -0.3 is 19.4 Å². The molecule has 0 radical (unpaired) electrons. The molecule has 0 unspecified atom stereocenters. The lowest BCUT2D eigenvalue weighted by atomic mass is 9.99. The van der Waals surface area contributed by atoms with Crippen LogP contribution in [0.4, 0.5) is 5.82 Å². The van der Waals surface area contributed by atoms with Gasteiger partial charge in [-0.15, -0.1) is 0 Å². The molecule has 2 aliphatic heterocycles. The third-order valence-electron chi connectivity index (χ3n) is 5.66. The van der Waals surface area contributed by atoms with Crippen LogP contribution in [0.3, 0.4) is 0 Å². The number of piperazine rings is 1. The van der Waals surface area contributed by atoms with Gasteiger partial charge in [0.15, 0.2) is 0 Å². The number of ether oxygens (including phenoxy) is 1. The van der Waals surface area contributed by atoms with Crippen molar-refractivity contribution >= 4 is 17.6 Å². The van der Waals surface area contributed by atoms with E-state index in [1.54, 1.807) is 4.90 Å². The Bertz CT molecular complexity index is 940. The molecule has 0 atom stereocenters. The third-order valence-corrected chi connectivity index (χ3v) is 5.66. The van der Waals surface area contributed by atoms with Crippen LogP contribution in [0.15, 0.2) is 36.7 Å². The molecule has 0 aliphatic carbocycles. The van der Waals surface area contributed by atoms with Gasteiger partial charge in [-0.05, 0) is 24.0 Å². The first kappa shape index (κ1) is 21.1. The second kappa shape index (κ2) is 9.32. The van der Waals surface area contributed by atoms with Crippen LogP contribution in [-0.2, 0) is 11.2 Å². The fourth-order valence-electron chi connectivity index (χ4n) is 3.91. The number of amides is 2. The molecule has 3 heterocycles. The molecular weight excluding hydrogens is 394 g/mol. The van der Waals surface area contributed by atoms with Crippen molar-refractivity contribution in [3.63, 3.8) is 0 Å². The van der Waals surface area contributed by atoms with Crippen LogP contribution in [0.25, 0.3) is 0 Å². The number of rotatable bonds is 6. The second-order valence-corrected chi connectivity index (χ2v) is 8.42. The number of anilines is 1. The molecule has 31 heavy (non-hydrogen) atoms. The number of hydrogen-bond acceptors (Lipinski definition) is 6. The zero-order valence-electron chi connectivity index (χ0n) is 18.2. The van der Waals surface area contributed by atoms with E-state index in [0.717, 1.165) is 17.8 Å². The monoisotopic (exact) mass is 423 g/mol. The number of carbonyl (C=O) groups is 2. The normalized spacial score (nSPS) is 16.5. The predicted octanol–water partition coefficient (Wildman–Crippen LogP) is 1.86. The molecule has 0 saturated carbocycles. The fourth-order valence-corrected chi connectivity index (χ4v) is 3.91. The molecule has 1 fully saturated rings. The smallest absolute Gasteiger partial charge is 0.254 e. The molecule has 4 rings (SSSR count). The first-order chi connectivity index (χ1) is 15.0. The van der Waals surface area contributed by atoms with Crippen LogP contribution in [0.5, 0.6) is 5.88 Å². The van der Waals surface area contributed by atoms with E-state index in [-0.39, 0.29) is 18.4 Å². The molecule has 8 heteroatoms. The maximum absolute atomic E-state index is 12.8. The van der Waals surface area contributed by atoms with Crippen molar-refractivity contribution < 1.29 is 14.3 Å². The molecule has 164 valence electrons. The van der Waals surface area contributed by atoms with Crippen LogP contribution < -0.4 is 9.64 Å². The number of carbonyl (C=O) groups excluding carboxylic acids is 2. The molecule has 2 aromatic rings. The van der Waals surface area contributed by atoms with Crippen LogP contribution >= 0.6 is 0 Å². The molecule has 1 saturated heterocycles. The second-order valence-electron chi connectivity index (χ2n) is 8.42. The van der Waals surface area contributed by atoms with E-state index >= 15 is 0 Å². The maximum Gasteiger partial charge on any atom is 0.254 e. The minimum Gasteiger partial charge on any atom is -0.477 e. The summed E-state index contributed by atoms with van der Waals surface area (Å²) in [6, 6.07) is 9.49. The fraction of sp³-hybridized carbons (Fsp3) is 0.478. The van der Waals surface area contributed by atoms with E-state index in [1.165, 1.54) is 6.33 Å². The molecule has 2 amide bonds. The Hall–Kier alpha value is -3.16. The van der Waals surface area contributed by atoms with Crippen molar-refractivity contribution in [1.29, 1.82) is 0 Å². The van der Waals surface area contributed by atoms with Crippen LogP contribution in [0, 0.1) is 5.92 Å². The standard InChI is InChI=1S/C23H29N5O3/c1-17(2)15-31-21-13-20(24-16-25-21)26-9-11-27(12-10-26)22(29)14-28-8-7-18-5-3-4-6-19(18)23(28)30/h3-6,13,16-17H,7-12,14-15H2,1-2H3. The van der Waals surface area contributed by atoms with Gasteiger partial charge in [0.2, 0.25) is 11.8 Å². The lowest BCUT2D eigenvalue weighted by Gasteiger charge is -2.37. The van der Waals surface area contributed by atoms with Crippen molar-refractivity contribution in [2.45, 2.75) is 20.3 Å². The third kappa shape index (κ3) is 4.95. The molecule has 1 aromatic heterocycles. The van der Waals surface area contributed by atoms with Crippen molar-refractivity contribution in [3.05, 3.63) is 47.8 Å². The summed E-state index contributed by atoms with van der Waals surface area (Å²) in [6.07, 6.45) is 2.31. The van der Waals surface area contributed by atoms with Crippen molar-refractivity contribution in [2.24, 2.45) is 5.92 Å². The summed E-state index contributed by atoms with van der Waals surface area (Å²) in [4.78, 5) is 39.7. The Morgan fingerprint density at radius 2 is 1.87 bits per heavy atom. The predicted molar refractivity (Wildman–Crippen MR) is 117 cm³/mol. The zero-order valence-corrected chi connectivity index (χ0v) is 18.2. The van der Waals surface area contributed by atoms with Gasteiger partial charge >= 0.3 is 0 Å². The zero-order chi connectivity index (χ0) is 21.8. The number of fused-ring (bicyclic) bond motifs is 1. The molecule has 0 bridgehead atoms. The molecule has 0 N–H and O–H groups in total. The van der Waals surface area contributed by atoms with Crippen LogP contribution in [0.2, 0.25) is 0 Å². The summed E-state index contributed by atoms with van der Waals surface area (Å²) in [5.41, 5.74) is 1.78. The maximum atomic E-state index is 12.8. The summed E-state index contributed by atoms with van der Waals surface area (Å²) in [6.45, 7) is 8.08. The summed E-state index contributed by atoms with van der Waals surface area (Å²) in [7, 11) is 0. The molecule has 8 nitrogen and oxygen atoms in total. The summed E-state index contributed by atoms with van der Waals surface area (Å²) in [5, 5.41) is 0. The van der Waals surface area contributed by atoms with Crippen molar-refractivity contribution in [2.75, 3.05) is 50.8 Å². The van der Waals surface area contributed by atoms with Gasteiger partial charge in [-0.1, -0.05) is 32.0 Å². The van der Waals surface area contributed by atoms with Gasteiger partial charge in [0.05, 0.1) is 6.61 Å². The van der Waals surface area contributed by atoms with E-state index in [4.69, 9.17) is 4.74 Å². The number of benzene rings is 1. The van der Waals surface area contributed by atoms with Gasteiger partial charge in [0, 0.05) is 44.4 Å². The minimum atomic E-state index is -0.0521. The number of aromatic nitrogens is 2. The van der Waals surface area contributed by atoms with E-state index in [2.05, 4.69) is 28.7 Å². The molecule has 2 aliphatic rings. The van der Waals surface area contributed by atoms with Crippen LogP contribution in [-0.4, -0.2) is 77.5 Å². The number of hydrogen-bond donors (Lipinski definition) is 0. The Labute approximate surface area is 182 Å². The molecular formula is C23H29N5O3. The van der Waals surface area contributed by atoms with E-state index in [1.807, 2.05) is 35.2 Å².